The lowest BCUT2D eigenvalue weighted by molar-refractivity contribution is 0.0565. The number of amides is 1. The van der Waals surface area contributed by atoms with E-state index in [1.165, 1.54) is 12.4 Å². The number of piperidine rings is 1. The highest BCUT2D eigenvalue weighted by Gasteiger charge is 2.25. The van der Waals surface area contributed by atoms with Gasteiger partial charge in [-0.05, 0) is 18.8 Å². The number of nitrogen functional groups attached to an aromatic ring is 1. The van der Waals surface area contributed by atoms with E-state index in [0.29, 0.717) is 24.0 Å². The van der Waals surface area contributed by atoms with Crippen LogP contribution in [0.3, 0.4) is 0 Å². The van der Waals surface area contributed by atoms with Gasteiger partial charge in [0.2, 0.25) is 0 Å². The molecule has 2 rings (SSSR count). The zero-order valence-electron chi connectivity index (χ0n) is 10.5. The number of carbonyl (C=O) groups is 1. The zero-order chi connectivity index (χ0) is 13.0. The van der Waals surface area contributed by atoms with E-state index >= 15 is 0 Å². The largest absolute Gasteiger partial charge is 0.384 e. The summed E-state index contributed by atoms with van der Waals surface area (Å²) >= 11 is 0. The molecule has 2 heterocycles. The minimum absolute atomic E-state index is 0.0803. The van der Waals surface area contributed by atoms with Crippen LogP contribution in [-0.4, -0.2) is 47.6 Å². The fourth-order valence-electron chi connectivity index (χ4n) is 2.23. The van der Waals surface area contributed by atoms with Crippen LogP contribution in [0, 0.1) is 5.92 Å². The van der Waals surface area contributed by atoms with Crippen molar-refractivity contribution in [2.24, 2.45) is 5.92 Å². The summed E-state index contributed by atoms with van der Waals surface area (Å²) in [7, 11) is 1.69. The maximum absolute atomic E-state index is 12.2. The van der Waals surface area contributed by atoms with Crippen LogP contribution in [-0.2, 0) is 4.74 Å². The Balaban J connectivity index is 2.02. The second-order valence-electron chi connectivity index (χ2n) is 4.54. The Morgan fingerprint density at radius 1 is 1.56 bits per heavy atom. The van der Waals surface area contributed by atoms with Gasteiger partial charge in [-0.3, -0.25) is 4.79 Å². The zero-order valence-corrected chi connectivity index (χ0v) is 10.5. The maximum atomic E-state index is 12.2. The molecule has 6 nitrogen and oxygen atoms in total. The van der Waals surface area contributed by atoms with Crippen LogP contribution in [0.2, 0.25) is 0 Å². The van der Waals surface area contributed by atoms with E-state index in [1.54, 1.807) is 7.11 Å². The van der Waals surface area contributed by atoms with Crippen LogP contribution >= 0.6 is 0 Å². The first-order chi connectivity index (χ1) is 8.70. The van der Waals surface area contributed by atoms with Gasteiger partial charge in [0.05, 0.1) is 19.0 Å². The van der Waals surface area contributed by atoms with Crippen molar-refractivity contribution in [1.82, 2.24) is 14.9 Å². The Morgan fingerprint density at radius 2 is 2.39 bits per heavy atom. The van der Waals surface area contributed by atoms with Crippen LogP contribution in [0.25, 0.3) is 0 Å². The molecule has 0 radical (unpaired) electrons. The van der Waals surface area contributed by atoms with Crippen molar-refractivity contribution in [3.8, 4) is 0 Å². The quantitative estimate of drug-likeness (QED) is 0.847. The van der Waals surface area contributed by atoms with Gasteiger partial charge in [0.15, 0.2) is 0 Å². The summed E-state index contributed by atoms with van der Waals surface area (Å²) in [6.07, 6.45) is 4.94. The van der Waals surface area contributed by atoms with Crippen LogP contribution in [0.1, 0.15) is 23.3 Å². The third kappa shape index (κ3) is 2.95. The van der Waals surface area contributed by atoms with Crippen molar-refractivity contribution in [2.45, 2.75) is 12.8 Å². The second-order valence-corrected chi connectivity index (χ2v) is 4.54. The molecule has 6 heteroatoms. The van der Waals surface area contributed by atoms with Crippen LogP contribution in [0.4, 0.5) is 5.82 Å². The van der Waals surface area contributed by atoms with Gasteiger partial charge in [-0.15, -0.1) is 0 Å². The Labute approximate surface area is 106 Å². The molecule has 1 unspecified atom stereocenters. The van der Waals surface area contributed by atoms with E-state index in [9.17, 15) is 4.79 Å². The topological polar surface area (TPSA) is 81.3 Å². The molecule has 0 aromatic carbocycles. The standard InChI is InChI=1S/C12H18N4O2/c1-18-8-9-3-2-4-16(7-9)12(17)10-5-15-11(13)6-14-10/h5-6,9H,2-4,7-8H2,1H3,(H2,13,15). The molecule has 1 aromatic heterocycles. The number of anilines is 1. The first-order valence-electron chi connectivity index (χ1n) is 6.06. The average molecular weight is 250 g/mol. The smallest absolute Gasteiger partial charge is 0.274 e. The fourth-order valence-corrected chi connectivity index (χ4v) is 2.23. The Kier molecular flexibility index (Phi) is 4.09. The molecule has 1 amide bonds. The summed E-state index contributed by atoms with van der Waals surface area (Å²) < 4.78 is 5.15. The van der Waals surface area contributed by atoms with Gasteiger partial charge in [-0.1, -0.05) is 0 Å². The molecule has 1 atom stereocenters. The van der Waals surface area contributed by atoms with E-state index in [0.717, 1.165) is 25.9 Å². The molecule has 0 saturated carbocycles. The molecule has 1 aliphatic rings. The van der Waals surface area contributed by atoms with Gasteiger partial charge in [0.1, 0.15) is 11.5 Å². The number of nitrogens with zero attached hydrogens (tertiary/aromatic N) is 3. The lowest BCUT2D eigenvalue weighted by Crippen LogP contribution is -2.41. The maximum Gasteiger partial charge on any atom is 0.274 e. The summed E-state index contributed by atoms with van der Waals surface area (Å²) in [5, 5.41) is 0. The van der Waals surface area contributed by atoms with Gasteiger partial charge in [-0.25, -0.2) is 9.97 Å². The molecule has 18 heavy (non-hydrogen) atoms. The molecular formula is C12H18N4O2. The highest BCUT2D eigenvalue weighted by Crippen LogP contribution is 2.18. The normalized spacial score (nSPS) is 19.8. The van der Waals surface area contributed by atoms with Crippen LogP contribution < -0.4 is 5.73 Å². The first kappa shape index (κ1) is 12.8. The van der Waals surface area contributed by atoms with Gasteiger partial charge in [-0.2, -0.15) is 0 Å². The summed E-state index contributed by atoms with van der Waals surface area (Å²) in [6.45, 7) is 2.18. The van der Waals surface area contributed by atoms with E-state index in [4.69, 9.17) is 10.5 Å². The third-order valence-electron chi connectivity index (χ3n) is 3.10. The number of methoxy groups -OCH3 is 1. The highest BCUT2D eigenvalue weighted by atomic mass is 16.5. The van der Waals surface area contributed by atoms with Gasteiger partial charge >= 0.3 is 0 Å². The lowest BCUT2D eigenvalue weighted by atomic mass is 9.99. The molecule has 1 aromatic rings. The number of hydrogen-bond donors (Lipinski definition) is 1. The Bertz CT molecular complexity index is 405. The molecule has 1 saturated heterocycles. The van der Waals surface area contributed by atoms with Crippen LogP contribution in [0.5, 0.6) is 0 Å². The van der Waals surface area contributed by atoms with Gasteiger partial charge < -0.3 is 15.4 Å². The SMILES string of the molecule is COCC1CCCN(C(=O)c2cnc(N)cn2)C1. The van der Waals surface area contributed by atoms with Gasteiger partial charge in [0.25, 0.3) is 5.91 Å². The molecule has 1 aliphatic heterocycles. The van der Waals surface area contributed by atoms with Crippen molar-refractivity contribution in [3.05, 3.63) is 18.1 Å². The number of carbonyl (C=O) groups excluding carboxylic acids is 1. The predicted octanol–water partition coefficient (Wildman–Crippen LogP) is 0.557. The highest BCUT2D eigenvalue weighted by molar-refractivity contribution is 5.92. The summed E-state index contributed by atoms with van der Waals surface area (Å²) in [4.78, 5) is 21.9. The Morgan fingerprint density at radius 3 is 3.06 bits per heavy atom. The molecule has 2 N–H and O–H groups in total. The van der Waals surface area contributed by atoms with E-state index in [-0.39, 0.29) is 5.91 Å². The number of nitrogens with two attached hydrogens (primary N) is 1. The minimum Gasteiger partial charge on any atom is -0.384 e. The number of hydrogen-bond acceptors (Lipinski definition) is 5. The third-order valence-corrected chi connectivity index (χ3v) is 3.10. The lowest BCUT2D eigenvalue weighted by Gasteiger charge is -2.32. The van der Waals surface area contributed by atoms with Crippen molar-refractivity contribution in [3.63, 3.8) is 0 Å². The molecule has 0 bridgehead atoms. The molecule has 98 valence electrons. The summed E-state index contributed by atoms with van der Waals surface area (Å²) in [5.41, 5.74) is 5.80. The minimum atomic E-state index is -0.0803. The molecule has 0 spiro atoms. The monoisotopic (exact) mass is 250 g/mol. The van der Waals surface area contributed by atoms with Crippen molar-refractivity contribution < 1.29 is 9.53 Å². The molecule has 0 aliphatic carbocycles. The first-order valence-corrected chi connectivity index (χ1v) is 6.06. The number of aromatic nitrogens is 2. The van der Waals surface area contributed by atoms with Crippen molar-refractivity contribution >= 4 is 11.7 Å². The second kappa shape index (κ2) is 5.77. The van der Waals surface area contributed by atoms with Crippen LogP contribution in [0.15, 0.2) is 12.4 Å². The molecule has 1 fully saturated rings. The number of rotatable bonds is 3. The number of ether oxygens (including phenoxy) is 1. The summed E-state index contributed by atoms with van der Waals surface area (Å²) in [5.74, 6) is 0.653. The summed E-state index contributed by atoms with van der Waals surface area (Å²) in [6, 6.07) is 0. The molecular weight excluding hydrogens is 232 g/mol. The van der Waals surface area contributed by atoms with Gasteiger partial charge in [0, 0.05) is 20.2 Å². The predicted molar refractivity (Wildman–Crippen MR) is 66.9 cm³/mol. The van der Waals surface area contributed by atoms with E-state index < -0.39 is 0 Å². The Hall–Kier alpha value is -1.69. The number of likely N-dealkylation sites (tertiary alicyclic amines) is 1. The van der Waals surface area contributed by atoms with Crippen molar-refractivity contribution in [1.29, 1.82) is 0 Å². The van der Waals surface area contributed by atoms with E-state index in [1.807, 2.05) is 4.90 Å². The van der Waals surface area contributed by atoms with E-state index in [2.05, 4.69) is 9.97 Å². The average Bonchev–Trinajstić information content (AvgIpc) is 2.39. The fraction of sp³-hybridized carbons (Fsp3) is 0.583. The van der Waals surface area contributed by atoms with Crippen molar-refractivity contribution in [2.75, 3.05) is 32.5 Å².